The molecule has 5 rings (SSSR count). The van der Waals surface area contributed by atoms with Crippen LogP contribution in [-0.4, -0.2) is 15.7 Å². The van der Waals surface area contributed by atoms with Crippen LogP contribution in [0, 0.1) is 0 Å². The van der Waals surface area contributed by atoms with Gasteiger partial charge in [-0.1, -0.05) is 55.5 Å². The first-order valence-corrected chi connectivity index (χ1v) is 12.7. The van der Waals surface area contributed by atoms with Crippen molar-refractivity contribution >= 4 is 11.6 Å². The Morgan fingerprint density at radius 3 is 2.42 bits per heavy atom. The number of anilines is 1. The van der Waals surface area contributed by atoms with Gasteiger partial charge in [0.25, 0.3) is 5.91 Å². The van der Waals surface area contributed by atoms with Gasteiger partial charge in [0.1, 0.15) is 5.69 Å². The van der Waals surface area contributed by atoms with Crippen molar-refractivity contribution in [3.63, 3.8) is 0 Å². The van der Waals surface area contributed by atoms with E-state index >= 15 is 0 Å². The molecule has 0 bridgehead atoms. The van der Waals surface area contributed by atoms with E-state index in [-0.39, 0.29) is 18.2 Å². The molecule has 5 nitrogen and oxygen atoms in total. The first-order valence-electron chi connectivity index (χ1n) is 12.7. The van der Waals surface area contributed by atoms with Gasteiger partial charge in [0.15, 0.2) is 5.69 Å². The number of hydrogen-bond donors (Lipinski definition) is 2. The molecule has 1 unspecified atom stereocenters. The minimum atomic E-state index is -4.70. The van der Waals surface area contributed by atoms with Crippen molar-refractivity contribution in [2.75, 3.05) is 5.32 Å². The van der Waals surface area contributed by atoms with Crippen molar-refractivity contribution in [2.24, 2.45) is 5.73 Å². The van der Waals surface area contributed by atoms with Gasteiger partial charge in [-0.05, 0) is 71.7 Å². The van der Waals surface area contributed by atoms with Crippen LogP contribution in [0.15, 0.2) is 78.9 Å². The Morgan fingerprint density at radius 1 is 1.03 bits per heavy atom. The SMILES string of the molecule is CCC(c1cccc(NC(=O)c2cc(C(F)(F)F)nn2-c2cccc(CN)c2)c1)c1cccc(C2CC2)c1. The second-order valence-corrected chi connectivity index (χ2v) is 9.68. The maximum absolute atomic E-state index is 13.5. The van der Waals surface area contributed by atoms with Gasteiger partial charge in [-0.3, -0.25) is 4.79 Å². The number of carbonyl (C=O) groups excluding carboxylic acids is 1. The average Bonchev–Trinajstić information content (AvgIpc) is 3.66. The molecule has 1 aliphatic rings. The number of amides is 1. The Labute approximate surface area is 219 Å². The second-order valence-electron chi connectivity index (χ2n) is 9.68. The highest BCUT2D eigenvalue weighted by Crippen LogP contribution is 2.41. The van der Waals surface area contributed by atoms with Crippen LogP contribution in [0.2, 0.25) is 0 Å². The highest BCUT2D eigenvalue weighted by Gasteiger charge is 2.36. The summed E-state index contributed by atoms with van der Waals surface area (Å²) in [5.74, 6) is 0.0917. The van der Waals surface area contributed by atoms with Gasteiger partial charge < -0.3 is 11.1 Å². The Bertz CT molecular complexity index is 1460. The predicted octanol–water partition coefficient (Wildman–Crippen LogP) is 7.02. The molecule has 4 aromatic rings. The number of nitrogens with one attached hydrogen (secondary N) is 1. The Hall–Kier alpha value is -3.91. The summed E-state index contributed by atoms with van der Waals surface area (Å²) in [6.07, 6.45) is -1.38. The Kier molecular flexibility index (Phi) is 7.08. The zero-order valence-electron chi connectivity index (χ0n) is 21.0. The molecule has 1 aliphatic carbocycles. The van der Waals surface area contributed by atoms with Crippen molar-refractivity contribution in [1.82, 2.24) is 9.78 Å². The minimum Gasteiger partial charge on any atom is -0.326 e. The van der Waals surface area contributed by atoms with Gasteiger partial charge in [-0.15, -0.1) is 0 Å². The summed E-state index contributed by atoms with van der Waals surface area (Å²) in [5.41, 5.74) is 9.47. The van der Waals surface area contributed by atoms with Gasteiger partial charge in [0.05, 0.1) is 5.69 Å². The predicted molar refractivity (Wildman–Crippen MR) is 141 cm³/mol. The van der Waals surface area contributed by atoms with Gasteiger partial charge in [0, 0.05) is 24.2 Å². The molecule has 1 aromatic heterocycles. The topological polar surface area (TPSA) is 72.9 Å². The summed E-state index contributed by atoms with van der Waals surface area (Å²) in [4.78, 5) is 13.3. The summed E-state index contributed by atoms with van der Waals surface area (Å²) in [5, 5.41) is 6.49. The largest absolute Gasteiger partial charge is 0.435 e. The van der Waals surface area contributed by atoms with Crippen molar-refractivity contribution in [3.8, 4) is 5.69 Å². The summed E-state index contributed by atoms with van der Waals surface area (Å²) in [7, 11) is 0. The van der Waals surface area contributed by atoms with Crippen LogP contribution in [-0.2, 0) is 12.7 Å². The van der Waals surface area contributed by atoms with Crippen LogP contribution < -0.4 is 11.1 Å². The van der Waals surface area contributed by atoms with Gasteiger partial charge in [-0.25, -0.2) is 4.68 Å². The molecular weight excluding hydrogens is 489 g/mol. The van der Waals surface area contributed by atoms with Crippen molar-refractivity contribution in [3.05, 3.63) is 113 Å². The van der Waals surface area contributed by atoms with Gasteiger partial charge in [-0.2, -0.15) is 18.3 Å². The molecule has 0 radical (unpaired) electrons. The lowest BCUT2D eigenvalue weighted by Gasteiger charge is -2.18. The molecule has 3 aromatic carbocycles. The number of alkyl halides is 3. The van der Waals surface area contributed by atoms with E-state index in [1.54, 1.807) is 30.3 Å². The van der Waals surface area contributed by atoms with Crippen LogP contribution in [0.1, 0.15) is 76.5 Å². The first kappa shape index (κ1) is 25.7. The molecule has 0 saturated heterocycles. The number of nitrogens with two attached hydrogens (primary N) is 1. The number of aromatic nitrogens is 2. The van der Waals surface area contributed by atoms with Crippen molar-refractivity contribution < 1.29 is 18.0 Å². The fourth-order valence-electron chi connectivity index (χ4n) is 4.83. The first-order chi connectivity index (χ1) is 18.3. The van der Waals surface area contributed by atoms with Crippen LogP contribution in [0.3, 0.4) is 0 Å². The van der Waals surface area contributed by atoms with E-state index in [2.05, 4.69) is 41.6 Å². The number of halogens is 3. The Morgan fingerprint density at radius 2 is 1.74 bits per heavy atom. The van der Waals surface area contributed by atoms with Crippen LogP contribution >= 0.6 is 0 Å². The van der Waals surface area contributed by atoms with Gasteiger partial charge >= 0.3 is 6.18 Å². The zero-order valence-corrected chi connectivity index (χ0v) is 21.0. The molecule has 196 valence electrons. The smallest absolute Gasteiger partial charge is 0.326 e. The number of rotatable bonds is 8. The third-order valence-electron chi connectivity index (χ3n) is 6.94. The molecule has 1 amide bonds. The van der Waals surface area contributed by atoms with E-state index in [0.29, 0.717) is 22.9 Å². The molecule has 0 spiro atoms. The molecule has 1 atom stereocenters. The molecule has 0 aliphatic heterocycles. The second kappa shape index (κ2) is 10.5. The summed E-state index contributed by atoms with van der Waals surface area (Å²) in [6, 6.07) is 23.5. The molecule has 8 heteroatoms. The minimum absolute atomic E-state index is 0.131. The molecule has 1 heterocycles. The van der Waals surface area contributed by atoms with Crippen LogP contribution in [0.4, 0.5) is 18.9 Å². The maximum atomic E-state index is 13.5. The molecule has 1 saturated carbocycles. The lowest BCUT2D eigenvalue weighted by molar-refractivity contribution is -0.141. The standard InChI is InChI=1S/C30H29F3N4O/c1-2-26(22-8-4-7-21(15-22)20-12-13-20)23-9-5-10-24(16-23)35-29(38)27-17-28(30(31,32)33)36-37(27)25-11-3-6-19(14-25)18-34/h3-11,14-17,20,26H,2,12-13,18,34H2,1H3,(H,35,38). The Balaban J connectivity index is 1.44. The lowest BCUT2D eigenvalue weighted by atomic mass is 9.87. The van der Waals surface area contributed by atoms with E-state index in [4.69, 9.17) is 5.73 Å². The zero-order chi connectivity index (χ0) is 26.9. The van der Waals surface area contributed by atoms with E-state index < -0.39 is 17.8 Å². The molecule has 1 fully saturated rings. The number of hydrogen-bond acceptors (Lipinski definition) is 3. The summed E-state index contributed by atoms with van der Waals surface area (Å²) in [6.45, 7) is 2.32. The molecule has 3 N–H and O–H groups in total. The summed E-state index contributed by atoms with van der Waals surface area (Å²) >= 11 is 0. The lowest BCUT2D eigenvalue weighted by Crippen LogP contribution is -2.17. The molecular formula is C30H29F3N4O. The fourth-order valence-corrected chi connectivity index (χ4v) is 4.83. The average molecular weight is 519 g/mol. The van der Waals surface area contributed by atoms with E-state index in [1.807, 2.05) is 18.2 Å². The number of nitrogens with zero attached hydrogens (tertiary/aromatic N) is 2. The highest BCUT2D eigenvalue weighted by atomic mass is 19.4. The quantitative estimate of drug-likeness (QED) is 0.263. The van der Waals surface area contributed by atoms with Crippen LogP contribution in [0.5, 0.6) is 0 Å². The third-order valence-corrected chi connectivity index (χ3v) is 6.94. The number of carbonyl (C=O) groups is 1. The van der Waals surface area contributed by atoms with Crippen molar-refractivity contribution in [2.45, 2.75) is 50.7 Å². The normalized spacial score (nSPS) is 14.3. The van der Waals surface area contributed by atoms with Gasteiger partial charge in [0.2, 0.25) is 0 Å². The highest BCUT2D eigenvalue weighted by molar-refractivity contribution is 6.03. The summed E-state index contributed by atoms with van der Waals surface area (Å²) < 4.78 is 41.6. The molecule has 38 heavy (non-hydrogen) atoms. The van der Waals surface area contributed by atoms with E-state index in [1.165, 1.54) is 24.0 Å². The maximum Gasteiger partial charge on any atom is 0.435 e. The monoisotopic (exact) mass is 518 g/mol. The third kappa shape index (κ3) is 5.50. The van der Waals surface area contributed by atoms with E-state index in [0.717, 1.165) is 22.7 Å². The van der Waals surface area contributed by atoms with E-state index in [9.17, 15) is 18.0 Å². The van der Waals surface area contributed by atoms with Crippen LogP contribution in [0.25, 0.3) is 5.69 Å². The number of benzene rings is 3. The van der Waals surface area contributed by atoms with Crippen molar-refractivity contribution in [1.29, 1.82) is 0 Å². The fraction of sp³-hybridized carbons (Fsp3) is 0.267.